The van der Waals surface area contributed by atoms with E-state index in [2.05, 4.69) is 12.2 Å². The fourth-order valence-corrected chi connectivity index (χ4v) is 1.00. The van der Waals surface area contributed by atoms with E-state index in [4.69, 9.17) is 5.11 Å². The first-order valence-corrected chi connectivity index (χ1v) is 5.24. The van der Waals surface area contributed by atoms with Crippen molar-refractivity contribution in [3.63, 3.8) is 0 Å². The van der Waals surface area contributed by atoms with E-state index in [0.717, 1.165) is 12.8 Å². The van der Waals surface area contributed by atoms with Crippen molar-refractivity contribution in [2.24, 2.45) is 0 Å². The van der Waals surface area contributed by atoms with Crippen LogP contribution in [0, 0.1) is 0 Å². The molecule has 0 fully saturated rings. The van der Waals surface area contributed by atoms with Gasteiger partial charge in [0, 0.05) is 18.5 Å². The lowest BCUT2D eigenvalue weighted by atomic mass is 10.2. The summed E-state index contributed by atoms with van der Waals surface area (Å²) in [5, 5.41) is 11.3. The molecule has 0 aliphatic heterocycles. The molecular weight excluding hydrogens is 194 g/mol. The average molecular weight is 213 g/mol. The number of unbranched alkanes of at least 4 members (excludes halogenated alkanes) is 1. The Balaban J connectivity index is 3.63. The molecule has 0 aliphatic rings. The molecule has 86 valence electrons. The quantitative estimate of drug-likeness (QED) is 0.500. The predicted octanol–water partition coefficient (Wildman–Crippen LogP) is 1.71. The molecule has 0 bridgehead atoms. The minimum Gasteiger partial charge on any atom is -0.478 e. The van der Waals surface area contributed by atoms with Crippen LogP contribution in [0.25, 0.3) is 0 Å². The van der Waals surface area contributed by atoms with Gasteiger partial charge in [-0.1, -0.05) is 19.4 Å². The second-order valence-electron chi connectivity index (χ2n) is 3.43. The van der Waals surface area contributed by atoms with Gasteiger partial charge in [0.2, 0.25) is 5.91 Å². The van der Waals surface area contributed by atoms with Crippen molar-refractivity contribution in [1.82, 2.24) is 5.32 Å². The monoisotopic (exact) mass is 213 g/mol. The van der Waals surface area contributed by atoms with Gasteiger partial charge in [-0.15, -0.1) is 0 Å². The first-order chi connectivity index (χ1) is 7.07. The normalized spacial score (nSPS) is 11.2. The topological polar surface area (TPSA) is 66.4 Å². The SMILES string of the molecule is CCCCNC(=O)CCC=C(C)C(=O)O. The standard InChI is InChI=1S/C11H19NO3/c1-3-4-8-12-10(13)7-5-6-9(2)11(14)15/h6H,3-5,7-8H2,1-2H3,(H,12,13)(H,14,15). The number of hydrogen-bond acceptors (Lipinski definition) is 2. The molecule has 15 heavy (non-hydrogen) atoms. The lowest BCUT2D eigenvalue weighted by Crippen LogP contribution is -2.23. The minimum absolute atomic E-state index is 0.0158. The summed E-state index contributed by atoms with van der Waals surface area (Å²) in [5.74, 6) is -0.945. The number of hydrogen-bond donors (Lipinski definition) is 2. The molecule has 0 aromatic carbocycles. The number of allylic oxidation sites excluding steroid dienone is 1. The van der Waals surface area contributed by atoms with E-state index < -0.39 is 5.97 Å². The van der Waals surface area contributed by atoms with Crippen LogP contribution in [0.2, 0.25) is 0 Å². The maximum Gasteiger partial charge on any atom is 0.330 e. The van der Waals surface area contributed by atoms with Crippen molar-refractivity contribution in [1.29, 1.82) is 0 Å². The molecule has 0 aromatic rings. The molecule has 0 atom stereocenters. The van der Waals surface area contributed by atoms with Gasteiger partial charge in [0.1, 0.15) is 0 Å². The molecule has 0 saturated heterocycles. The number of amides is 1. The molecule has 0 radical (unpaired) electrons. The number of carboxylic acids is 1. The van der Waals surface area contributed by atoms with Gasteiger partial charge in [0.25, 0.3) is 0 Å². The Morgan fingerprint density at radius 2 is 2.07 bits per heavy atom. The van der Waals surface area contributed by atoms with Gasteiger partial charge in [-0.2, -0.15) is 0 Å². The first-order valence-electron chi connectivity index (χ1n) is 5.24. The van der Waals surface area contributed by atoms with E-state index in [-0.39, 0.29) is 11.5 Å². The zero-order chi connectivity index (χ0) is 11.7. The Kier molecular flexibility index (Phi) is 7.32. The summed E-state index contributed by atoms with van der Waals surface area (Å²) in [4.78, 5) is 21.6. The van der Waals surface area contributed by atoms with Gasteiger partial charge in [-0.05, 0) is 19.8 Å². The van der Waals surface area contributed by atoms with Gasteiger partial charge in [0.05, 0.1) is 0 Å². The lowest BCUT2D eigenvalue weighted by Gasteiger charge is -2.02. The second-order valence-corrected chi connectivity index (χ2v) is 3.43. The van der Waals surface area contributed by atoms with Crippen LogP contribution in [0.1, 0.15) is 39.5 Å². The molecule has 4 heteroatoms. The lowest BCUT2D eigenvalue weighted by molar-refractivity contribution is -0.132. The average Bonchev–Trinajstić information content (AvgIpc) is 2.18. The summed E-state index contributed by atoms with van der Waals surface area (Å²) in [5.41, 5.74) is 0.288. The van der Waals surface area contributed by atoms with E-state index in [1.54, 1.807) is 6.08 Å². The van der Waals surface area contributed by atoms with Crippen LogP contribution in [0.3, 0.4) is 0 Å². The van der Waals surface area contributed by atoms with Crippen LogP contribution >= 0.6 is 0 Å². The van der Waals surface area contributed by atoms with E-state index in [1.165, 1.54) is 6.92 Å². The summed E-state index contributed by atoms with van der Waals surface area (Å²) < 4.78 is 0. The van der Waals surface area contributed by atoms with Crippen LogP contribution < -0.4 is 5.32 Å². The highest BCUT2D eigenvalue weighted by atomic mass is 16.4. The fraction of sp³-hybridized carbons (Fsp3) is 0.636. The largest absolute Gasteiger partial charge is 0.478 e. The van der Waals surface area contributed by atoms with Crippen molar-refractivity contribution >= 4 is 11.9 Å². The molecule has 0 rings (SSSR count). The molecule has 0 aliphatic carbocycles. The zero-order valence-corrected chi connectivity index (χ0v) is 9.38. The Bertz CT molecular complexity index is 246. The Labute approximate surface area is 90.4 Å². The van der Waals surface area contributed by atoms with E-state index in [9.17, 15) is 9.59 Å². The van der Waals surface area contributed by atoms with Gasteiger partial charge >= 0.3 is 5.97 Å². The number of carbonyl (C=O) groups excluding carboxylic acids is 1. The molecular formula is C11H19NO3. The third-order valence-electron chi connectivity index (χ3n) is 2.01. The molecule has 0 aromatic heterocycles. The predicted molar refractivity (Wildman–Crippen MR) is 58.5 cm³/mol. The van der Waals surface area contributed by atoms with Crippen molar-refractivity contribution in [2.45, 2.75) is 39.5 Å². The van der Waals surface area contributed by atoms with Crippen molar-refractivity contribution in [3.05, 3.63) is 11.6 Å². The molecule has 1 amide bonds. The summed E-state index contributed by atoms with van der Waals surface area (Å²) in [6.45, 7) is 4.29. The van der Waals surface area contributed by atoms with Crippen LogP contribution in [-0.2, 0) is 9.59 Å². The van der Waals surface area contributed by atoms with Crippen LogP contribution in [0.5, 0.6) is 0 Å². The summed E-state index contributed by atoms with van der Waals surface area (Å²) in [6, 6.07) is 0. The highest BCUT2D eigenvalue weighted by Gasteiger charge is 2.01. The Hall–Kier alpha value is -1.32. The minimum atomic E-state index is -0.929. The summed E-state index contributed by atoms with van der Waals surface area (Å²) in [7, 11) is 0. The van der Waals surface area contributed by atoms with Crippen LogP contribution in [0.4, 0.5) is 0 Å². The molecule has 0 saturated carbocycles. The number of nitrogens with one attached hydrogen (secondary N) is 1. The van der Waals surface area contributed by atoms with Crippen molar-refractivity contribution in [3.8, 4) is 0 Å². The van der Waals surface area contributed by atoms with Gasteiger partial charge < -0.3 is 10.4 Å². The van der Waals surface area contributed by atoms with Crippen LogP contribution in [-0.4, -0.2) is 23.5 Å². The maximum atomic E-state index is 11.2. The first kappa shape index (κ1) is 13.7. The highest BCUT2D eigenvalue weighted by molar-refractivity contribution is 5.85. The molecule has 0 spiro atoms. The summed E-state index contributed by atoms with van der Waals surface area (Å²) in [6.07, 6.45) is 4.44. The van der Waals surface area contributed by atoms with Gasteiger partial charge in [-0.3, -0.25) is 4.79 Å². The zero-order valence-electron chi connectivity index (χ0n) is 9.38. The second kappa shape index (κ2) is 8.03. The highest BCUT2D eigenvalue weighted by Crippen LogP contribution is 1.98. The van der Waals surface area contributed by atoms with Gasteiger partial charge in [-0.25, -0.2) is 4.79 Å². The van der Waals surface area contributed by atoms with Crippen molar-refractivity contribution in [2.75, 3.05) is 6.54 Å². The molecule has 0 heterocycles. The fourth-order valence-electron chi connectivity index (χ4n) is 1.00. The number of rotatable bonds is 7. The number of aliphatic carboxylic acids is 1. The smallest absolute Gasteiger partial charge is 0.330 e. The molecule has 2 N–H and O–H groups in total. The van der Waals surface area contributed by atoms with E-state index in [0.29, 0.717) is 19.4 Å². The van der Waals surface area contributed by atoms with Crippen molar-refractivity contribution < 1.29 is 14.7 Å². The third-order valence-corrected chi connectivity index (χ3v) is 2.01. The number of carboxylic acid groups (broad SMARTS) is 1. The molecule has 4 nitrogen and oxygen atoms in total. The molecule has 0 unspecified atom stereocenters. The Morgan fingerprint density at radius 1 is 1.40 bits per heavy atom. The van der Waals surface area contributed by atoms with Gasteiger partial charge in [0.15, 0.2) is 0 Å². The third kappa shape index (κ3) is 7.73. The number of carbonyl (C=O) groups is 2. The van der Waals surface area contributed by atoms with E-state index >= 15 is 0 Å². The summed E-state index contributed by atoms with van der Waals surface area (Å²) >= 11 is 0. The van der Waals surface area contributed by atoms with E-state index in [1.807, 2.05) is 0 Å². The maximum absolute atomic E-state index is 11.2. The van der Waals surface area contributed by atoms with Crippen LogP contribution in [0.15, 0.2) is 11.6 Å². The Morgan fingerprint density at radius 3 is 2.60 bits per heavy atom.